The van der Waals surface area contributed by atoms with E-state index in [1.807, 2.05) is 12.1 Å². The van der Waals surface area contributed by atoms with Gasteiger partial charge in [0.15, 0.2) is 0 Å². The molecular formula is C27H15Br2F9N4O. The molecular weight excluding hydrogens is 727 g/mol. The Labute approximate surface area is 254 Å². The third-order valence-electron chi connectivity index (χ3n) is 6.14. The number of hydrogen-bond donors (Lipinski definition) is 2. The predicted molar refractivity (Wildman–Crippen MR) is 144 cm³/mol. The lowest BCUT2D eigenvalue weighted by Crippen LogP contribution is -2.59. The molecule has 0 fully saturated rings. The third-order valence-corrected chi connectivity index (χ3v) is 7.39. The third kappa shape index (κ3) is 6.45. The number of nitriles is 2. The van der Waals surface area contributed by atoms with E-state index in [0.717, 1.165) is 0 Å². The van der Waals surface area contributed by atoms with Crippen LogP contribution in [0.15, 0.2) is 57.5 Å². The van der Waals surface area contributed by atoms with E-state index in [-0.39, 0.29) is 41.2 Å². The second-order valence-corrected chi connectivity index (χ2v) is 10.7. The van der Waals surface area contributed by atoms with Gasteiger partial charge in [-0.2, -0.15) is 45.6 Å². The van der Waals surface area contributed by atoms with Gasteiger partial charge in [0.2, 0.25) is 0 Å². The van der Waals surface area contributed by atoms with Crippen LogP contribution in [0.5, 0.6) is 0 Å². The highest BCUT2D eigenvalue weighted by molar-refractivity contribution is 9.11. The van der Waals surface area contributed by atoms with Gasteiger partial charge in [-0.3, -0.25) is 4.79 Å². The Morgan fingerprint density at radius 3 is 1.93 bits per heavy atom. The molecule has 43 heavy (non-hydrogen) atoms. The molecule has 0 aliphatic heterocycles. The van der Waals surface area contributed by atoms with Crippen molar-refractivity contribution in [2.75, 3.05) is 10.6 Å². The number of carbonyl (C=O) groups is 1. The van der Waals surface area contributed by atoms with Gasteiger partial charge < -0.3 is 10.6 Å². The van der Waals surface area contributed by atoms with E-state index in [2.05, 4.69) is 42.5 Å². The number of aryl methyl sites for hydroxylation is 1. The van der Waals surface area contributed by atoms with Gasteiger partial charge in [0.25, 0.3) is 5.91 Å². The average Bonchev–Trinajstić information content (AvgIpc) is 2.90. The van der Waals surface area contributed by atoms with Crippen LogP contribution < -0.4 is 10.6 Å². The van der Waals surface area contributed by atoms with Crippen molar-refractivity contribution in [2.45, 2.75) is 37.4 Å². The Morgan fingerprint density at radius 2 is 1.44 bits per heavy atom. The minimum atomic E-state index is -6.87. The summed E-state index contributed by atoms with van der Waals surface area (Å²) in [6.45, 7) is 1.44. The normalized spacial score (nSPS) is 13.4. The maximum atomic E-state index is 14.9. The molecule has 0 bridgehead atoms. The van der Waals surface area contributed by atoms with Gasteiger partial charge >= 0.3 is 23.9 Å². The van der Waals surface area contributed by atoms with Crippen molar-refractivity contribution in [1.29, 1.82) is 10.5 Å². The molecule has 0 saturated heterocycles. The Balaban J connectivity index is 1.92. The summed E-state index contributed by atoms with van der Waals surface area (Å²) in [5.41, 5.74) is -6.70. The maximum Gasteiger partial charge on any atom is 0.457 e. The number of hydrogen-bond acceptors (Lipinski definition) is 4. The number of nitrogens with one attached hydrogen (secondary N) is 2. The number of benzene rings is 3. The highest BCUT2D eigenvalue weighted by Crippen LogP contribution is 2.59. The summed E-state index contributed by atoms with van der Waals surface area (Å²) in [4.78, 5) is 12.8. The molecule has 0 radical (unpaired) electrons. The summed E-state index contributed by atoms with van der Waals surface area (Å²) in [7, 11) is 0. The van der Waals surface area contributed by atoms with Crippen LogP contribution in [0.2, 0.25) is 0 Å². The minimum Gasteiger partial charge on any atom is -0.379 e. The summed E-state index contributed by atoms with van der Waals surface area (Å²) >= 11 is 5.58. The van der Waals surface area contributed by atoms with Gasteiger partial charge in [-0.05, 0) is 92.4 Å². The summed E-state index contributed by atoms with van der Waals surface area (Å²) in [5, 5.41) is 23.8. The van der Waals surface area contributed by atoms with Crippen LogP contribution in [-0.4, -0.2) is 24.2 Å². The molecule has 0 spiro atoms. The first kappa shape index (κ1) is 33.7. The number of nitrogens with zero attached hydrogens (tertiary/aromatic N) is 2. The molecule has 3 aromatic rings. The standard InChI is InChI=1S/C27H15Br2F9N4O/c1-13-6-14(10-39)3-5-18(13)23(43)42-21-7-15(2-4-16(21)11-40)12-41-22-19(28)8-17(9-20(22)29)24(30,26(33,34)35)25(31,32)27(36,37)38/h2-9,41H,12H2,1H3,(H,42,43). The zero-order valence-corrected chi connectivity index (χ0v) is 24.5. The molecule has 226 valence electrons. The van der Waals surface area contributed by atoms with E-state index < -0.39 is 44.4 Å². The van der Waals surface area contributed by atoms with Crippen molar-refractivity contribution < 1.29 is 44.3 Å². The Bertz CT molecular complexity index is 1640. The maximum absolute atomic E-state index is 14.9. The first-order valence-corrected chi connectivity index (χ1v) is 13.2. The van der Waals surface area contributed by atoms with E-state index in [4.69, 9.17) is 5.26 Å². The number of rotatable bonds is 7. The molecule has 1 amide bonds. The molecule has 3 aromatic carbocycles. The van der Waals surface area contributed by atoms with Crippen molar-refractivity contribution in [3.63, 3.8) is 0 Å². The average molecular weight is 742 g/mol. The fraction of sp³-hybridized carbons (Fsp3) is 0.222. The first-order valence-electron chi connectivity index (χ1n) is 11.6. The molecule has 3 rings (SSSR count). The van der Waals surface area contributed by atoms with Crippen molar-refractivity contribution in [3.8, 4) is 12.1 Å². The van der Waals surface area contributed by atoms with Crippen LogP contribution in [0, 0.1) is 29.6 Å². The van der Waals surface area contributed by atoms with E-state index in [1.165, 1.54) is 36.4 Å². The number of amides is 1. The molecule has 5 nitrogen and oxygen atoms in total. The lowest BCUT2D eigenvalue weighted by atomic mass is 9.87. The second-order valence-electron chi connectivity index (χ2n) is 8.98. The van der Waals surface area contributed by atoms with Crippen molar-refractivity contribution in [1.82, 2.24) is 0 Å². The van der Waals surface area contributed by atoms with Gasteiger partial charge in [-0.15, -0.1) is 0 Å². The molecule has 16 heteroatoms. The summed E-state index contributed by atoms with van der Waals surface area (Å²) in [5.74, 6) is -7.43. The second kappa shape index (κ2) is 12.1. The number of halogens is 11. The molecule has 0 heterocycles. The molecule has 2 N–H and O–H groups in total. The lowest BCUT2D eigenvalue weighted by molar-refractivity contribution is -0.389. The van der Waals surface area contributed by atoms with E-state index in [0.29, 0.717) is 16.7 Å². The highest BCUT2D eigenvalue weighted by Gasteiger charge is 2.81. The predicted octanol–water partition coefficient (Wildman–Crippen LogP) is 9.05. The smallest absolute Gasteiger partial charge is 0.379 e. The van der Waals surface area contributed by atoms with Gasteiger partial charge in [-0.25, -0.2) is 4.39 Å². The van der Waals surface area contributed by atoms with Crippen LogP contribution in [0.4, 0.5) is 50.9 Å². The number of alkyl halides is 9. The van der Waals surface area contributed by atoms with Gasteiger partial charge in [0.1, 0.15) is 6.07 Å². The number of carbonyl (C=O) groups excluding carboxylic acids is 1. The molecule has 1 unspecified atom stereocenters. The van der Waals surface area contributed by atoms with Gasteiger partial charge in [0.05, 0.1) is 28.6 Å². The zero-order valence-electron chi connectivity index (χ0n) is 21.3. The summed E-state index contributed by atoms with van der Waals surface area (Å²) < 4.78 is 121. The van der Waals surface area contributed by atoms with E-state index in [1.54, 1.807) is 6.92 Å². The molecule has 0 aromatic heterocycles. The molecule has 0 aliphatic carbocycles. The Hall–Kier alpha value is -3.76. The molecule has 0 saturated carbocycles. The van der Waals surface area contributed by atoms with Crippen LogP contribution in [0.25, 0.3) is 0 Å². The van der Waals surface area contributed by atoms with Crippen molar-refractivity contribution in [3.05, 3.63) is 90.9 Å². The summed E-state index contributed by atoms with van der Waals surface area (Å²) in [6, 6.07) is 12.7. The fourth-order valence-corrected chi connectivity index (χ4v) is 5.40. The molecule has 0 aliphatic rings. The van der Waals surface area contributed by atoms with Crippen LogP contribution in [0.3, 0.4) is 0 Å². The minimum absolute atomic E-state index is 0.0622. The summed E-state index contributed by atoms with van der Waals surface area (Å²) in [6.07, 6.45) is -13.5. The van der Waals surface area contributed by atoms with Gasteiger partial charge in [0, 0.05) is 26.6 Å². The topological polar surface area (TPSA) is 88.7 Å². The van der Waals surface area contributed by atoms with E-state index in [9.17, 15) is 49.6 Å². The Morgan fingerprint density at radius 1 is 0.837 bits per heavy atom. The van der Waals surface area contributed by atoms with Crippen molar-refractivity contribution in [2.24, 2.45) is 0 Å². The van der Waals surface area contributed by atoms with Gasteiger partial charge in [-0.1, -0.05) is 6.07 Å². The Kier molecular flexibility index (Phi) is 9.48. The zero-order chi connectivity index (χ0) is 32.5. The largest absolute Gasteiger partial charge is 0.457 e. The monoisotopic (exact) mass is 740 g/mol. The molecule has 1 atom stereocenters. The van der Waals surface area contributed by atoms with Crippen LogP contribution in [0.1, 0.15) is 38.2 Å². The lowest BCUT2D eigenvalue weighted by Gasteiger charge is -2.36. The quantitative estimate of drug-likeness (QED) is 0.237. The van der Waals surface area contributed by atoms with Crippen molar-refractivity contribution >= 4 is 49.1 Å². The highest BCUT2D eigenvalue weighted by atomic mass is 79.9. The van der Waals surface area contributed by atoms with E-state index >= 15 is 0 Å². The fourth-order valence-electron chi connectivity index (χ4n) is 3.93. The number of anilines is 2. The SMILES string of the molecule is Cc1cc(C#N)ccc1C(=O)Nc1cc(CNc2c(Br)cc(C(F)(C(F)(F)F)C(F)(F)C(F)(F)F)cc2Br)ccc1C#N. The first-order chi connectivity index (χ1) is 19.8. The van der Waals surface area contributed by atoms with Crippen LogP contribution >= 0.6 is 31.9 Å². The van der Waals surface area contributed by atoms with Crippen LogP contribution in [-0.2, 0) is 12.2 Å².